The highest BCUT2D eigenvalue weighted by Crippen LogP contribution is 2.16. The molecule has 0 unspecified atom stereocenters. The van der Waals surface area contributed by atoms with Crippen LogP contribution in [0.25, 0.3) is 0 Å². The van der Waals surface area contributed by atoms with E-state index in [2.05, 4.69) is 43.6 Å². The Bertz CT molecular complexity index is 819. The van der Waals surface area contributed by atoms with Crippen LogP contribution in [0.2, 0.25) is 0 Å². The lowest BCUT2D eigenvalue weighted by Crippen LogP contribution is -2.37. The van der Waals surface area contributed by atoms with E-state index in [4.69, 9.17) is 0 Å². The summed E-state index contributed by atoms with van der Waals surface area (Å²) in [5.41, 5.74) is 2.90. The molecule has 0 bridgehead atoms. The first kappa shape index (κ1) is 20.6. The monoisotopic (exact) mass is 443 g/mol. The van der Waals surface area contributed by atoms with Crippen LogP contribution in [-0.4, -0.2) is 36.3 Å². The van der Waals surface area contributed by atoms with Gasteiger partial charge >= 0.3 is 0 Å². The molecule has 0 aliphatic carbocycles. The fraction of sp³-hybridized carbons (Fsp3) is 0.364. The average Bonchev–Trinajstić information content (AvgIpc) is 2.72. The van der Waals surface area contributed by atoms with Crippen LogP contribution in [0.4, 0.5) is 0 Å². The molecule has 0 aromatic heterocycles. The van der Waals surface area contributed by atoms with E-state index in [0.717, 1.165) is 29.7 Å². The number of carbonyl (C=O) groups excluding carboxylic acids is 2. The van der Waals surface area contributed by atoms with Crippen LogP contribution in [0, 0.1) is 0 Å². The first-order chi connectivity index (χ1) is 13.6. The van der Waals surface area contributed by atoms with Crippen molar-refractivity contribution in [2.75, 3.05) is 19.6 Å². The van der Waals surface area contributed by atoms with Gasteiger partial charge in [-0.1, -0.05) is 52.7 Å². The van der Waals surface area contributed by atoms with Gasteiger partial charge in [0.25, 0.3) is 5.91 Å². The molecule has 5 nitrogen and oxygen atoms in total. The van der Waals surface area contributed by atoms with Gasteiger partial charge in [-0.2, -0.15) is 0 Å². The topological polar surface area (TPSA) is 61.4 Å². The molecule has 28 heavy (non-hydrogen) atoms. The van der Waals surface area contributed by atoms with Crippen molar-refractivity contribution in [3.8, 4) is 0 Å². The molecule has 0 radical (unpaired) electrons. The Balaban J connectivity index is 1.48. The first-order valence-electron chi connectivity index (χ1n) is 9.71. The smallest absolute Gasteiger partial charge is 0.251 e. The fourth-order valence-corrected chi connectivity index (χ4v) is 3.79. The molecule has 2 aromatic carbocycles. The second-order valence-corrected chi connectivity index (χ2v) is 7.99. The van der Waals surface area contributed by atoms with Gasteiger partial charge in [-0.05, 0) is 55.3 Å². The lowest BCUT2D eigenvalue weighted by molar-refractivity contribution is -0.120. The van der Waals surface area contributed by atoms with Crippen molar-refractivity contribution in [1.29, 1.82) is 0 Å². The Labute approximate surface area is 174 Å². The van der Waals surface area contributed by atoms with Crippen molar-refractivity contribution in [3.05, 3.63) is 69.7 Å². The van der Waals surface area contributed by atoms with E-state index in [1.54, 1.807) is 18.2 Å². The molecule has 0 spiro atoms. The van der Waals surface area contributed by atoms with E-state index in [0.29, 0.717) is 12.1 Å². The third-order valence-corrected chi connectivity index (χ3v) is 5.43. The molecule has 0 saturated carbocycles. The molecule has 1 aliphatic rings. The van der Waals surface area contributed by atoms with E-state index in [-0.39, 0.29) is 18.4 Å². The number of nitrogens with zero attached hydrogens (tertiary/aromatic N) is 1. The predicted octanol–water partition coefficient (Wildman–Crippen LogP) is 3.48. The normalized spacial score (nSPS) is 14.5. The maximum absolute atomic E-state index is 12.2. The van der Waals surface area contributed by atoms with Crippen molar-refractivity contribution < 1.29 is 9.59 Å². The highest BCUT2D eigenvalue weighted by atomic mass is 79.9. The van der Waals surface area contributed by atoms with E-state index < -0.39 is 0 Å². The van der Waals surface area contributed by atoms with Crippen molar-refractivity contribution in [2.45, 2.75) is 32.4 Å². The number of hydrogen-bond donors (Lipinski definition) is 2. The lowest BCUT2D eigenvalue weighted by atomic mass is 10.0. The predicted molar refractivity (Wildman–Crippen MR) is 114 cm³/mol. The Hall–Kier alpha value is -2.18. The van der Waals surface area contributed by atoms with Crippen LogP contribution in [0.1, 0.15) is 40.7 Å². The number of amides is 2. The molecule has 1 aliphatic heterocycles. The van der Waals surface area contributed by atoms with Crippen LogP contribution in [0.5, 0.6) is 0 Å². The molecular formula is C22H26BrN3O2. The van der Waals surface area contributed by atoms with Crippen molar-refractivity contribution >= 4 is 27.7 Å². The third kappa shape index (κ3) is 6.17. The van der Waals surface area contributed by atoms with Crippen LogP contribution < -0.4 is 10.6 Å². The van der Waals surface area contributed by atoms with E-state index in [1.165, 1.54) is 24.8 Å². The summed E-state index contributed by atoms with van der Waals surface area (Å²) in [5, 5.41) is 5.58. The standard InChI is InChI=1S/C22H26BrN3O2/c23-20-10-6-9-17(13-20)22(28)25-15-21(27)24-14-18-7-2-3-8-19(18)16-26-11-4-1-5-12-26/h2-3,6-10,13H,1,4-5,11-12,14-16H2,(H,24,27)(H,25,28). The van der Waals surface area contributed by atoms with Crippen LogP contribution in [0.3, 0.4) is 0 Å². The average molecular weight is 444 g/mol. The van der Waals surface area contributed by atoms with Gasteiger partial charge in [0.2, 0.25) is 5.91 Å². The van der Waals surface area contributed by atoms with Gasteiger partial charge in [0.05, 0.1) is 6.54 Å². The summed E-state index contributed by atoms with van der Waals surface area (Å²) in [7, 11) is 0. The Morgan fingerprint density at radius 1 is 0.929 bits per heavy atom. The molecule has 2 amide bonds. The minimum absolute atomic E-state index is 0.0420. The molecule has 1 fully saturated rings. The molecule has 3 rings (SSSR count). The van der Waals surface area contributed by atoms with E-state index in [1.807, 2.05) is 18.2 Å². The zero-order valence-corrected chi connectivity index (χ0v) is 17.5. The Morgan fingerprint density at radius 3 is 2.43 bits per heavy atom. The Kier molecular flexibility index (Phi) is 7.62. The summed E-state index contributed by atoms with van der Waals surface area (Å²) < 4.78 is 0.829. The lowest BCUT2D eigenvalue weighted by Gasteiger charge is -2.27. The van der Waals surface area contributed by atoms with Gasteiger partial charge in [0.15, 0.2) is 0 Å². The summed E-state index contributed by atoms with van der Waals surface area (Å²) >= 11 is 3.34. The first-order valence-corrected chi connectivity index (χ1v) is 10.5. The summed E-state index contributed by atoms with van der Waals surface area (Å²) in [5.74, 6) is -0.460. The molecule has 6 heteroatoms. The summed E-state index contributed by atoms with van der Waals surface area (Å²) in [6.45, 7) is 3.63. The minimum Gasteiger partial charge on any atom is -0.350 e. The molecule has 1 saturated heterocycles. The summed E-state index contributed by atoms with van der Waals surface area (Å²) in [6, 6.07) is 15.3. The zero-order valence-electron chi connectivity index (χ0n) is 15.9. The number of likely N-dealkylation sites (tertiary alicyclic amines) is 1. The molecular weight excluding hydrogens is 418 g/mol. The van der Waals surface area contributed by atoms with Crippen LogP contribution in [-0.2, 0) is 17.9 Å². The number of carbonyl (C=O) groups is 2. The number of nitrogens with one attached hydrogen (secondary N) is 2. The SMILES string of the molecule is O=C(CNC(=O)c1cccc(Br)c1)NCc1ccccc1CN1CCCCC1. The van der Waals surface area contributed by atoms with Crippen molar-refractivity contribution in [1.82, 2.24) is 15.5 Å². The number of rotatable bonds is 7. The van der Waals surface area contributed by atoms with E-state index >= 15 is 0 Å². The van der Waals surface area contributed by atoms with Crippen molar-refractivity contribution in [3.63, 3.8) is 0 Å². The van der Waals surface area contributed by atoms with Gasteiger partial charge in [0.1, 0.15) is 0 Å². The number of piperidine rings is 1. The zero-order chi connectivity index (χ0) is 19.8. The second-order valence-electron chi connectivity index (χ2n) is 7.08. The number of benzene rings is 2. The molecule has 148 valence electrons. The Morgan fingerprint density at radius 2 is 1.68 bits per heavy atom. The third-order valence-electron chi connectivity index (χ3n) is 4.93. The van der Waals surface area contributed by atoms with Crippen LogP contribution >= 0.6 is 15.9 Å². The quantitative estimate of drug-likeness (QED) is 0.688. The van der Waals surface area contributed by atoms with Gasteiger partial charge < -0.3 is 10.6 Å². The number of halogens is 1. The second kappa shape index (κ2) is 10.4. The summed E-state index contributed by atoms with van der Waals surface area (Å²) in [6.07, 6.45) is 3.84. The van der Waals surface area contributed by atoms with Gasteiger partial charge in [-0.3, -0.25) is 14.5 Å². The molecule has 0 atom stereocenters. The highest BCUT2D eigenvalue weighted by Gasteiger charge is 2.13. The van der Waals surface area contributed by atoms with Crippen molar-refractivity contribution in [2.24, 2.45) is 0 Å². The van der Waals surface area contributed by atoms with E-state index in [9.17, 15) is 9.59 Å². The molecule has 1 heterocycles. The molecule has 2 aromatic rings. The van der Waals surface area contributed by atoms with Gasteiger partial charge in [0, 0.05) is 23.1 Å². The maximum Gasteiger partial charge on any atom is 0.251 e. The minimum atomic E-state index is -0.262. The fourth-order valence-electron chi connectivity index (χ4n) is 3.39. The summed E-state index contributed by atoms with van der Waals surface area (Å²) in [4.78, 5) is 26.8. The largest absolute Gasteiger partial charge is 0.350 e. The molecule has 2 N–H and O–H groups in total. The van der Waals surface area contributed by atoms with Gasteiger partial charge in [-0.25, -0.2) is 0 Å². The van der Waals surface area contributed by atoms with Gasteiger partial charge in [-0.15, -0.1) is 0 Å². The maximum atomic E-state index is 12.2. The number of hydrogen-bond acceptors (Lipinski definition) is 3. The van der Waals surface area contributed by atoms with Crippen LogP contribution in [0.15, 0.2) is 53.0 Å². The highest BCUT2D eigenvalue weighted by molar-refractivity contribution is 9.10.